The minimum atomic E-state index is -4.46. The number of terminal acetylenes is 1. The third-order valence-corrected chi connectivity index (χ3v) is 2.98. The SMILES string of the molecule is C#CCN1CC(=O)N(c2ccc(C(F)(F)F)cc2)C(=O)C1. The second-order valence-electron chi connectivity index (χ2n) is 4.52. The Balaban J connectivity index is 2.21. The van der Waals surface area contributed by atoms with E-state index in [1.165, 1.54) is 4.90 Å². The molecule has 1 aliphatic rings. The molecular formula is C14H11F3N2O2. The van der Waals surface area contributed by atoms with E-state index < -0.39 is 23.6 Å². The molecule has 0 spiro atoms. The van der Waals surface area contributed by atoms with Crippen LogP contribution in [0.1, 0.15) is 5.56 Å². The summed E-state index contributed by atoms with van der Waals surface area (Å²) in [5, 5.41) is 0. The van der Waals surface area contributed by atoms with Crippen molar-refractivity contribution in [3.8, 4) is 12.3 Å². The standard InChI is InChI=1S/C14H11F3N2O2/c1-2-7-18-8-12(20)19(13(21)9-18)11-5-3-10(4-6-11)14(15,16)17/h1,3-6H,7-9H2. The topological polar surface area (TPSA) is 40.6 Å². The number of halogens is 3. The van der Waals surface area contributed by atoms with Crippen LogP contribution in [0.3, 0.4) is 0 Å². The highest BCUT2D eigenvalue weighted by Crippen LogP contribution is 2.30. The molecule has 7 heteroatoms. The fourth-order valence-corrected chi connectivity index (χ4v) is 2.05. The molecule has 0 saturated carbocycles. The number of hydrogen-bond donors (Lipinski definition) is 0. The van der Waals surface area contributed by atoms with E-state index in [-0.39, 0.29) is 25.3 Å². The number of alkyl halides is 3. The van der Waals surface area contributed by atoms with Crippen molar-refractivity contribution >= 4 is 17.5 Å². The Morgan fingerprint density at radius 2 is 1.62 bits per heavy atom. The molecule has 0 unspecified atom stereocenters. The maximum absolute atomic E-state index is 12.5. The van der Waals surface area contributed by atoms with Gasteiger partial charge in [-0.3, -0.25) is 14.5 Å². The first-order valence-electron chi connectivity index (χ1n) is 6.02. The molecule has 2 amide bonds. The number of hydrogen-bond acceptors (Lipinski definition) is 3. The monoisotopic (exact) mass is 296 g/mol. The average Bonchev–Trinajstić information content (AvgIpc) is 2.38. The van der Waals surface area contributed by atoms with E-state index in [0.29, 0.717) is 0 Å². The van der Waals surface area contributed by atoms with Gasteiger partial charge in [0, 0.05) is 0 Å². The van der Waals surface area contributed by atoms with Gasteiger partial charge in [-0.2, -0.15) is 13.2 Å². The maximum Gasteiger partial charge on any atom is 0.416 e. The van der Waals surface area contributed by atoms with Crippen molar-refractivity contribution in [1.29, 1.82) is 0 Å². The number of benzene rings is 1. The highest BCUT2D eigenvalue weighted by Gasteiger charge is 2.33. The van der Waals surface area contributed by atoms with Gasteiger partial charge >= 0.3 is 6.18 Å². The van der Waals surface area contributed by atoms with Gasteiger partial charge in [0.1, 0.15) is 0 Å². The lowest BCUT2D eigenvalue weighted by Gasteiger charge is -2.31. The van der Waals surface area contributed by atoms with Crippen LogP contribution in [0.25, 0.3) is 0 Å². The lowest BCUT2D eigenvalue weighted by molar-refractivity contribution is -0.137. The van der Waals surface area contributed by atoms with E-state index in [1.807, 2.05) is 0 Å². The molecule has 4 nitrogen and oxygen atoms in total. The second kappa shape index (κ2) is 5.58. The van der Waals surface area contributed by atoms with Crippen LogP contribution in [0.4, 0.5) is 18.9 Å². The van der Waals surface area contributed by atoms with Crippen molar-refractivity contribution in [3.05, 3.63) is 29.8 Å². The van der Waals surface area contributed by atoms with Crippen molar-refractivity contribution in [3.63, 3.8) is 0 Å². The van der Waals surface area contributed by atoms with E-state index in [2.05, 4.69) is 5.92 Å². The molecule has 1 fully saturated rings. The molecular weight excluding hydrogens is 285 g/mol. The summed E-state index contributed by atoms with van der Waals surface area (Å²) in [6.45, 7) is 0.0757. The summed E-state index contributed by atoms with van der Waals surface area (Å²) >= 11 is 0. The van der Waals surface area contributed by atoms with Gasteiger partial charge in [-0.1, -0.05) is 5.92 Å². The lowest BCUT2D eigenvalue weighted by Crippen LogP contribution is -2.54. The number of rotatable bonds is 2. The number of anilines is 1. The minimum absolute atomic E-state index is 0.0447. The predicted molar refractivity (Wildman–Crippen MR) is 69.2 cm³/mol. The van der Waals surface area contributed by atoms with Crippen LogP contribution in [-0.2, 0) is 15.8 Å². The Bertz CT molecular complexity index is 584. The van der Waals surface area contributed by atoms with Crippen LogP contribution >= 0.6 is 0 Å². The predicted octanol–water partition coefficient (Wildman–Crippen LogP) is 1.51. The van der Waals surface area contributed by atoms with Gasteiger partial charge in [-0.25, -0.2) is 4.90 Å². The van der Waals surface area contributed by atoms with Crippen molar-refractivity contribution in [2.45, 2.75) is 6.18 Å². The molecule has 2 rings (SSSR count). The number of amides is 2. The summed E-state index contributed by atoms with van der Waals surface area (Å²) < 4.78 is 37.4. The van der Waals surface area contributed by atoms with E-state index >= 15 is 0 Å². The molecule has 110 valence electrons. The number of carbonyl (C=O) groups excluding carboxylic acids is 2. The first kappa shape index (κ1) is 15.1. The van der Waals surface area contributed by atoms with Gasteiger partial charge < -0.3 is 0 Å². The summed E-state index contributed by atoms with van der Waals surface area (Å²) in [5.74, 6) is 1.31. The molecule has 0 radical (unpaired) electrons. The summed E-state index contributed by atoms with van der Waals surface area (Å²) in [7, 11) is 0. The molecule has 21 heavy (non-hydrogen) atoms. The van der Waals surface area contributed by atoms with Gasteiger partial charge in [-0.15, -0.1) is 6.42 Å². The van der Waals surface area contributed by atoms with Crippen LogP contribution in [0.15, 0.2) is 24.3 Å². The van der Waals surface area contributed by atoms with Crippen LogP contribution in [0.5, 0.6) is 0 Å². The smallest absolute Gasteiger partial charge is 0.274 e. The van der Waals surface area contributed by atoms with Crippen molar-refractivity contribution < 1.29 is 22.8 Å². The number of imide groups is 1. The average molecular weight is 296 g/mol. The zero-order valence-corrected chi connectivity index (χ0v) is 10.9. The normalized spacial score (nSPS) is 17.0. The van der Waals surface area contributed by atoms with Crippen molar-refractivity contribution in [2.24, 2.45) is 0 Å². The second-order valence-corrected chi connectivity index (χ2v) is 4.52. The molecule has 0 bridgehead atoms. The quantitative estimate of drug-likeness (QED) is 0.613. The van der Waals surface area contributed by atoms with Gasteiger partial charge in [0.15, 0.2) is 0 Å². The number of piperazine rings is 1. The molecule has 1 aromatic carbocycles. The Labute approximate surface area is 119 Å². The van der Waals surface area contributed by atoms with Crippen LogP contribution in [0, 0.1) is 12.3 Å². The zero-order valence-electron chi connectivity index (χ0n) is 10.9. The van der Waals surface area contributed by atoms with Gasteiger partial charge in [0.2, 0.25) is 11.8 Å². The van der Waals surface area contributed by atoms with Gasteiger partial charge in [-0.05, 0) is 24.3 Å². The summed E-state index contributed by atoms with van der Waals surface area (Å²) in [4.78, 5) is 26.3. The third-order valence-electron chi connectivity index (χ3n) is 2.98. The minimum Gasteiger partial charge on any atom is -0.274 e. The first-order chi connectivity index (χ1) is 9.82. The third kappa shape index (κ3) is 3.23. The Kier molecular flexibility index (Phi) is 4.00. The van der Waals surface area contributed by atoms with Crippen LogP contribution < -0.4 is 4.90 Å². The molecule has 1 saturated heterocycles. The van der Waals surface area contributed by atoms with E-state index in [0.717, 1.165) is 29.2 Å². The number of carbonyl (C=O) groups is 2. The zero-order chi connectivity index (χ0) is 15.6. The molecule has 1 aromatic rings. The molecule has 0 aliphatic carbocycles. The molecule has 1 heterocycles. The molecule has 1 aliphatic heterocycles. The Morgan fingerprint density at radius 3 is 2.05 bits per heavy atom. The van der Waals surface area contributed by atoms with E-state index in [4.69, 9.17) is 6.42 Å². The number of nitrogens with zero attached hydrogens (tertiary/aromatic N) is 2. The Morgan fingerprint density at radius 1 is 1.10 bits per heavy atom. The fourth-order valence-electron chi connectivity index (χ4n) is 2.05. The highest BCUT2D eigenvalue weighted by atomic mass is 19.4. The lowest BCUT2D eigenvalue weighted by atomic mass is 10.1. The fraction of sp³-hybridized carbons (Fsp3) is 0.286. The molecule has 0 aromatic heterocycles. The van der Waals surface area contributed by atoms with E-state index in [9.17, 15) is 22.8 Å². The Hall–Kier alpha value is -2.33. The van der Waals surface area contributed by atoms with Gasteiger partial charge in [0.05, 0.1) is 30.9 Å². The first-order valence-corrected chi connectivity index (χ1v) is 6.02. The van der Waals surface area contributed by atoms with Crippen LogP contribution in [0.2, 0.25) is 0 Å². The summed E-state index contributed by atoms with van der Waals surface area (Å²) in [6.07, 6.45) is 0.659. The summed E-state index contributed by atoms with van der Waals surface area (Å²) in [5.41, 5.74) is -0.713. The summed E-state index contributed by atoms with van der Waals surface area (Å²) in [6, 6.07) is 3.89. The largest absolute Gasteiger partial charge is 0.416 e. The maximum atomic E-state index is 12.5. The van der Waals surface area contributed by atoms with E-state index in [1.54, 1.807) is 0 Å². The molecule has 0 atom stereocenters. The molecule has 0 N–H and O–H groups in total. The highest BCUT2D eigenvalue weighted by molar-refractivity contribution is 6.17. The van der Waals surface area contributed by atoms with Crippen molar-refractivity contribution in [2.75, 3.05) is 24.5 Å². The van der Waals surface area contributed by atoms with Crippen molar-refractivity contribution in [1.82, 2.24) is 4.90 Å². The van der Waals surface area contributed by atoms with Gasteiger partial charge in [0.25, 0.3) is 0 Å². The van der Waals surface area contributed by atoms with Crippen LogP contribution in [-0.4, -0.2) is 36.3 Å².